The third-order valence-electron chi connectivity index (χ3n) is 1.40. The van der Waals surface area contributed by atoms with E-state index in [1.54, 1.807) is 18.8 Å². The molecule has 1 saturated heterocycles. The maximum Gasteiger partial charge on any atom is 0.234 e. The van der Waals surface area contributed by atoms with E-state index >= 15 is 0 Å². The maximum absolute atomic E-state index is 11.0. The zero-order valence-electron chi connectivity index (χ0n) is 5.96. The summed E-state index contributed by atoms with van der Waals surface area (Å²) in [6.07, 6.45) is 0. The Morgan fingerprint density at radius 1 is 1.80 bits per heavy atom. The molecule has 1 aliphatic rings. The molecule has 0 bridgehead atoms. The first kappa shape index (κ1) is 7.88. The number of amides is 1. The van der Waals surface area contributed by atoms with Crippen molar-refractivity contribution in [2.45, 2.75) is 5.25 Å². The second-order valence-electron chi connectivity index (χ2n) is 2.10. The van der Waals surface area contributed by atoms with E-state index in [9.17, 15) is 4.79 Å². The first-order valence-electron chi connectivity index (χ1n) is 3.31. The molecule has 0 aromatic rings. The smallest absolute Gasteiger partial charge is 0.234 e. The minimum Gasteiger partial charge on any atom is -0.358 e. The van der Waals surface area contributed by atoms with E-state index < -0.39 is 0 Å². The van der Waals surface area contributed by atoms with Gasteiger partial charge in [-0.3, -0.25) is 4.79 Å². The summed E-state index contributed by atoms with van der Waals surface area (Å²) in [4.78, 5) is 11.0. The van der Waals surface area contributed by atoms with Gasteiger partial charge in [0.2, 0.25) is 5.91 Å². The highest BCUT2D eigenvalue weighted by atomic mass is 32.2. The van der Waals surface area contributed by atoms with Gasteiger partial charge in [0, 0.05) is 25.9 Å². The topological polar surface area (TPSA) is 43.2 Å². The van der Waals surface area contributed by atoms with Gasteiger partial charge in [0.15, 0.2) is 0 Å². The molecule has 0 aliphatic carbocycles. The van der Waals surface area contributed by atoms with Gasteiger partial charge in [-0.25, -0.2) is 5.32 Å². The maximum atomic E-state index is 11.0. The average molecular weight is 159 g/mol. The van der Waals surface area contributed by atoms with Crippen LogP contribution >= 0.6 is 11.8 Å². The van der Waals surface area contributed by atoms with E-state index in [-0.39, 0.29) is 11.2 Å². The van der Waals surface area contributed by atoms with Gasteiger partial charge in [-0.05, 0) is 0 Å². The summed E-state index contributed by atoms with van der Waals surface area (Å²) in [6, 6.07) is 0. The highest BCUT2D eigenvalue weighted by Gasteiger charge is 2.20. The molecule has 57 valence electrons. The zero-order chi connectivity index (χ0) is 7.40. The molecule has 4 heteroatoms. The van der Waals surface area contributed by atoms with Crippen LogP contribution in [0.3, 0.4) is 0 Å². The Kier molecular flexibility index (Phi) is 3.02. The lowest BCUT2D eigenvalue weighted by atomic mass is 10.4. The highest BCUT2D eigenvalue weighted by molar-refractivity contribution is 8.00. The molecule has 1 fully saturated rings. The Hall–Kier alpha value is -0.220. The SMILES string of the molecule is CNC(=O)C1C[N]CCS1. The van der Waals surface area contributed by atoms with Gasteiger partial charge in [0.1, 0.15) is 0 Å². The van der Waals surface area contributed by atoms with Crippen molar-refractivity contribution in [2.75, 3.05) is 25.9 Å². The van der Waals surface area contributed by atoms with Crippen molar-refractivity contribution in [3.8, 4) is 0 Å². The number of hydrogen-bond donors (Lipinski definition) is 1. The monoisotopic (exact) mass is 159 g/mol. The molecule has 1 N–H and O–H groups in total. The normalized spacial score (nSPS) is 25.9. The first-order chi connectivity index (χ1) is 4.84. The van der Waals surface area contributed by atoms with E-state index in [0.29, 0.717) is 6.54 Å². The van der Waals surface area contributed by atoms with Crippen molar-refractivity contribution in [3.63, 3.8) is 0 Å². The molecule has 1 amide bonds. The van der Waals surface area contributed by atoms with Gasteiger partial charge in [0.05, 0.1) is 5.25 Å². The second-order valence-corrected chi connectivity index (χ2v) is 3.41. The van der Waals surface area contributed by atoms with Crippen molar-refractivity contribution in [1.29, 1.82) is 0 Å². The van der Waals surface area contributed by atoms with Crippen LogP contribution in [-0.2, 0) is 4.79 Å². The number of hydrogen-bond acceptors (Lipinski definition) is 2. The van der Waals surface area contributed by atoms with Crippen molar-refractivity contribution in [1.82, 2.24) is 10.6 Å². The summed E-state index contributed by atoms with van der Waals surface area (Å²) in [7, 11) is 1.66. The fraction of sp³-hybridized carbons (Fsp3) is 0.833. The fourth-order valence-electron chi connectivity index (χ4n) is 0.840. The first-order valence-corrected chi connectivity index (χ1v) is 4.36. The molecule has 1 atom stereocenters. The van der Waals surface area contributed by atoms with Crippen LogP contribution in [0.2, 0.25) is 0 Å². The Bertz CT molecular complexity index is 123. The Morgan fingerprint density at radius 3 is 3.10 bits per heavy atom. The third kappa shape index (κ3) is 1.88. The summed E-state index contributed by atoms with van der Waals surface area (Å²) in [5.74, 6) is 1.09. The standard InChI is InChI=1S/C6H11N2OS/c1-7-6(9)5-4-8-2-3-10-5/h5H,2-4H2,1H3,(H,7,9). The largest absolute Gasteiger partial charge is 0.358 e. The van der Waals surface area contributed by atoms with Crippen LogP contribution in [-0.4, -0.2) is 37.0 Å². The summed E-state index contributed by atoms with van der Waals surface area (Å²) in [5, 5.41) is 6.83. The lowest BCUT2D eigenvalue weighted by molar-refractivity contribution is -0.120. The van der Waals surface area contributed by atoms with Crippen molar-refractivity contribution in [2.24, 2.45) is 0 Å². The molecule has 1 heterocycles. The van der Waals surface area contributed by atoms with Crippen LogP contribution in [0, 0.1) is 0 Å². The van der Waals surface area contributed by atoms with E-state index in [1.807, 2.05) is 0 Å². The second kappa shape index (κ2) is 3.83. The van der Waals surface area contributed by atoms with Gasteiger partial charge in [0.25, 0.3) is 0 Å². The van der Waals surface area contributed by atoms with Gasteiger partial charge < -0.3 is 5.32 Å². The average Bonchev–Trinajstić information content (AvgIpc) is 2.05. The molecule has 1 rings (SSSR count). The van der Waals surface area contributed by atoms with Gasteiger partial charge in [-0.15, -0.1) is 11.8 Å². The highest BCUT2D eigenvalue weighted by Crippen LogP contribution is 2.13. The van der Waals surface area contributed by atoms with Crippen molar-refractivity contribution >= 4 is 17.7 Å². The van der Waals surface area contributed by atoms with E-state index in [2.05, 4.69) is 10.6 Å². The summed E-state index contributed by atoms with van der Waals surface area (Å²) >= 11 is 1.69. The van der Waals surface area contributed by atoms with Gasteiger partial charge in [-0.1, -0.05) is 0 Å². The molecule has 10 heavy (non-hydrogen) atoms. The van der Waals surface area contributed by atoms with Crippen LogP contribution in [0.4, 0.5) is 0 Å². The van der Waals surface area contributed by atoms with Crippen LogP contribution in [0.1, 0.15) is 0 Å². The Morgan fingerprint density at radius 2 is 2.60 bits per heavy atom. The number of carbonyl (C=O) groups is 1. The predicted octanol–water partition coefficient (Wildman–Crippen LogP) is -0.548. The summed E-state index contributed by atoms with van der Waals surface area (Å²) in [6.45, 7) is 1.59. The van der Waals surface area contributed by atoms with Crippen LogP contribution in [0.5, 0.6) is 0 Å². The summed E-state index contributed by atoms with van der Waals surface area (Å²) < 4.78 is 0. The molecule has 0 saturated carbocycles. The molecule has 3 nitrogen and oxygen atoms in total. The van der Waals surface area contributed by atoms with Gasteiger partial charge in [-0.2, -0.15) is 0 Å². The lowest BCUT2D eigenvalue weighted by Crippen LogP contribution is -2.39. The molecular formula is C6H11N2OS. The molecule has 1 aliphatic heterocycles. The summed E-state index contributed by atoms with van der Waals surface area (Å²) in [5.41, 5.74) is 0. The Balaban J connectivity index is 2.31. The van der Waals surface area contributed by atoms with Crippen LogP contribution < -0.4 is 10.6 Å². The number of thioether (sulfide) groups is 1. The van der Waals surface area contributed by atoms with Crippen LogP contribution in [0.15, 0.2) is 0 Å². The van der Waals surface area contributed by atoms with E-state index in [1.165, 1.54) is 0 Å². The molecule has 0 spiro atoms. The number of nitrogens with one attached hydrogen (secondary N) is 1. The minimum absolute atomic E-state index is 0.0683. The van der Waals surface area contributed by atoms with Crippen molar-refractivity contribution < 1.29 is 4.79 Å². The lowest BCUT2D eigenvalue weighted by Gasteiger charge is -2.18. The van der Waals surface area contributed by atoms with Crippen LogP contribution in [0.25, 0.3) is 0 Å². The van der Waals surface area contributed by atoms with Crippen molar-refractivity contribution in [3.05, 3.63) is 0 Å². The molecule has 0 aromatic heterocycles. The fourth-order valence-corrected chi connectivity index (χ4v) is 1.84. The van der Waals surface area contributed by atoms with E-state index in [0.717, 1.165) is 12.3 Å². The zero-order valence-corrected chi connectivity index (χ0v) is 6.78. The number of rotatable bonds is 1. The molecule has 0 aromatic carbocycles. The number of nitrogens with zero attached hydrogens (tertiary/aromatic N) is 1. The Labute approximate surface area is 64.9 Å². The predicted molar refractivity (Wildman–Crippen MR) is 42.2 cm³/mol. The minimum atomic E-state index is 0.0683. The molecular weight excluding hydrogens is 148 g/mol. The van der Waals surface area contributed by atoms with Gasteiger partial charge >= 0.3 is 0 Å². The van der Waals surface area contributed by atoms with E-state index in [4.69, 9.17) is 0 Å². The molecule has 1 unspecified atom stereocenters. The molecule has 1 radical (unpaired) electrons. The number of carbonyl (C=O) groups excluding carboxylic acids is 1. The quantitative estimate of drug-likeness (QED) is 0.558. The third-order valence-corrected chi connectivity index (χ3v) is 2.59.